The van der Waals surface area contributed by atoms with E-state index in [1.54, 1.807) is 6.20 Å². The van der Waals surface area contributed by atoms with Crippen LogP contribution in [-0.2, 0) is 6.54 Å². The first kappa shape index (κ1) is 15.6. The van der Waals surface area contributed by atoms with E-state index < -0.39 is 5.60 Å². The monoisotopic (exact) mass is 261 g/mol. The van der Waals surface area contributed by atoms with Gasteiger partial charge in [-0.15, -0.1) is 0 Å². The second kappa shape index (κ2) is 7.88. The minimum Gasteiger partial charge on any atom is -0.389 e. The van der Waals surface area contributed by atoms with E-state index in [-0.39, 0.29) is 0 Å². The molecule has 0 fully saturated rings. The predicted octanol–water partition coefficient (Wildman–Crippen LogP) is 2.35. The Morgan fingerprint density at radius 1 is 1.42 bits per heavy atom. The molecule has 104 valence electrons. The van der Waals surface area contributed by atoms with Crippen molar-refractivity contribution >= 4 is 0 Å². The molecular formula is C15H23N3O. The molecule has 4 heteroatoms. The van der Waals surface area contributed by atoms with Crippen LogP contribution in [0, 0.1) is 11.3 Å². The summed E-state index contributed by atoms with van der Waals surface area (Å²) in [5, 5.41) is 19.2. The van der Waals surface area contributed by atoms with Gasteiger partial charge in [0.15, 0.2) is 0 Å². The molecule has 0 aromatic carbocycles. The van der Waals surface area contributed by atoms with Crippen molar-refractivity contribution in [3.8, 4) is 6.07 Å². The predicted molar refractivity (Wildman–Crippen MR) is 75.3 cm³/mol. The third-order valence-electron chi connectivity index (χ3n) is 3.50. The van der Waals surface area contributed by atoms with E-state index in [0.29, 0.717) is 19.5 Å². The summed E-state index contributed by atoms with van der Waals surface area (Å²) in [6.07, 6.45) is 5.50. The second-order valence-corrected chi connectivity index (χ2v) is 4.91. The SMILES string of the molecule is CCC(O)(CC)CN(CCC#N)Cc1cccnc1. The zero-order valence-corrected chi connectivity index (χ0v) is 11.8. The molecule has 0 atom stereocenters. The molecule has 0 aliphatic rings. The number of hydrogen-bond donors (Lipinski definition) is 1. The summed E-state index contributed by atoms with van der Waals surface area (Å²) in [5.74, 6) is 0. The number of rotatable bonds is 8. The molecule has 1 heterocycles. The number of pyridine rings is 1. The standard InChI is InChI=1S/C15H23N3O/c1-3-15(19,4-2)13-18(10-6-8-16)12-14-7-5-9-17-11-14/h5,7,9,11,19H,3-4,6,10,12-13H2,1-2H3. The van der Waals surface area contributed by atoms with Crippen molar-refractivity contribution in [2.75, 3.05) is 13.1 Å². The zero-order chi connectivity index (χ0) is 14.1. The van der Waals surface area contributed by atoms with Crippen molar-refractivity contribution in [3.63, 3.8) is 0 Å². The lowest BCUT2D eigenvalue weighted by atomic mass is 9.96. The van der Waals surface area contributed by atoms with Crippen LogP contribution in [0.1, 0.15) is 38.7 Å². The van der Waals surface area contributed by atoms with E-state index >= 15 is 0 Å². The maximum Gasteiger partial charge on any atom is 0.0769 e. The Hall–Kier alpha value is -1.44. The summed E-state index contributed by atoms with van der Waals surface area (Å²) in [4.78, 5) is 6.23. The van der Waals surface area contributed by atoms with Crippen LogP contribution in [-0.4, -0.2) is 33.7 Å². The summed E-state index contributed by atoms with van der Waals surface area (Å²) >= 11 is 0. The molecular weight excluding hydrogens is 238 g/mol. The molecule has 1 N–H and O–H groups in total. The van der Waals surface area contributed by atoms with E-state index in [9.17, 15) is 5.11 Å². The van der Waals surface area contributed by atoms with Gasteiger partial charge in [-0.1, -0.05) is 19.9 Å². The summed E-state index contributed by atoms with van der Waals surface area (Å²) in [5.41, 5.74) is 0.437. The lowest BCUT2D eigenvalue weighted by Crippen LogP contribution is -2.42. The Balaban J connectivity index is 2.69. The molecule has 4 nitrogen and oxygen atoms in total. The van der Waals surface area contributed by atoms with Gasteiger partial charge in [0, 0.05) is 38.4 Å². The highest BCUT2D eigenvalue weighted by molar-refractivity contribution is 5.08. The Morgan fingerprint density at radius 2 is 2.16 bits per heavy atom. The Morgan fingerprint density at radius 3 is 2.68 bits per heavy atom. The number of nitriles is 1. The number of aromatic nitrogens is 1. The highest BCUT2D eigenvalue weighted by atomic mass is 16.3. The van der Waals surface area contributed by atoms with Gasteiger partial charge in [-0.25, -0.2) is 0 Å². The number of aliphatic hydroxyl groups is 1. The summed E-state index contributed by atoms with van der Waals surface area (Å²) < 4.78 is 0. The maximum atomic E-state index is 10.4. The first-order valence-corrected chi connectivity index (χ1v) is 6.84. The topological polar surface area (TPSA) is 60.1 Å². The zero-order valence-electron chi connectivity index (χ0n) is 11.8. The molecule has 0 radical (unpaired) electrons. The number of hydrogen-bond acceptors (Lipinski definition) is 4. The van der Waals surface area contributed by atoms with Crippen LogP contribution in [0.3, 0.4) is 0 Å². The van der Waals surface area contributed by atoms with Crippen LogP contribution in [0.4, 0.5) is 0 Å². The van der Waals surface area contributed by atoms with Gasteiger partial charge >= 0.3 is 0 Å². The van der Waals surface area contributed by atoms with Gasteiger partial charge in [0.05, 0.1) is 11.7 Å². The molecule has 1 rings (SSSR count). The normalized spacial score (nSPS) is 11.5. The van der Waals surface area contributed by atoms with Gasteiger partial charge < -0.3 is 5.11 Å². The molecule has 1 aromatic heterocycles. The van der Waals surface area contributed by atoms with Gasteiger partial charge in [-0.3, -0.25) is 9.88 Å². The van der Waals surface area contributed by atoms with Gasteiger partial charge in [0.1, 0.15) is 0 Å². The molecule has 0 aliphatic heterocycles. The molecule has 1 aromatic rings. The van der Waals surface area contributed by atoms with E-state index in [2.05, 4.69) is 16.0 Å². The molecule has 0 saturated carbocycles. The third kappa shape index (κ3) is 5.37. The van der Waals surface area contributed by atoms with Crippen LogP contribution in [0.5, 0.6) is 0 Å². The van der Waals surface area contributed by atoms with Gasteiger partial charge in [0.2, 0.25) is 0 Å². The summed E-state index contributed by atoms with van der Waals surface area (Å²) in [7, 11) is 0. The highest BCUT2D eigenvalue weighted by Crippen LogP contribution is 2.18. The first-order valence-electron chi connectivity index (χ1n) is 6.84. The quantitative estimate of drug-likeness (QED) is 0.780. The Kier molecular flexibility index (Phi) is 6.48. The smallest absolute Gasteiger partial charge is 0.0769 e. The summed E-state index contributed by atoms with van der Waals surface area (Å²) in [6, 6.07) is 6.09. The van der Waals surface area contributed by atoms with Crippen molar-refractivity contribution in [1.82, 2.24) is 9.88 Å². The largest absolute Gasteiger partial charge is 0.389 e. The molecule has 0 saturated heterocycles. The van der Waals surface area contributed by atoms with E-state index in [0.717, 1.165) is 24.9 Å². The second-order valence-electron chi connectivity index (χ2n) is 4.91. The minimum absolute atomic E-state index is 0.476. The molecule has 0 spiro atoms. The van der Waals surface area contributed by atoms with Crippen LogP contribution in [0.2, 0.25) is 0 Å². The average Bonchev–Trinajstić information content (AvgIpc) is 2.45. The van der Waals surface area contributed by atoms with Gasteiger partial charge in [-0.2, -0.15) is 5.26 Å². The lowest BCUT2D eigenvalue weighted by Gasteiger charge is -2.32. The molecule has 0 aliphatic carbocycles. The average molecular weight is 261 g/mol. The first-order chi connectivity index (χ1) is 9.13. The van der Waals surface area contributed by atoms with E-state index in [4.69, 9.17) is 5.26 Å². The summed E-state index contributed by atoms with van der Waals surface area (Å²) in [6.45, 7) is 5.98. The van der Waals surface area contributed by atoms with Gasteiger partial charge in [0.25, 0.3) is 0 Å². The fourth-order valence-corrected chi connectivity index (χ4v) is 2.06. The Bertz CT molecular complexity index is 396. The van der Waals surface area contributed by atoms with Crippen LogP contribution in [0.15, 0.2) is 24.5 Å². The molecule has 19 heavy (non-hydrogen) atoms. The van der Waals surface area contributed by atoms with Crippen LogP contribution in [0.25, 0.3) is 0 Å². The van der Waals surface area contributed by atoms with Gasteiger partial charge in [-0.05, 0) is 24.5 Å². The molecule has 0 amide bonds. The third-order valence-corrected chi connectivity index (χ3v) is 3.50. The fraction of sp³-hybridized carbons (Fsp3) is 0.600. The maximum absolute atomic E-state index is 10.4. The van der Waals surface area contributed by atoms with Crippen molar-refractivity contribution in [3.05, 3.63) is 30.1 Å². The van der Waals surface area contributed by atoms with Crippen molar-refractivity contribution in [2.45, 2.75) is 45.3 Å². The van der Waals surface area contributed by atoms with Crippen LogP contribution < -0.4 is 0 Å². The van der Waals surface area contributed by atoms with Crippen molar-refractivity contribution < 1.29 is 5.11 Å². The van der Waals surface area contributed by atoms with Crippen molar-refractivity contribution in [1.29, 1.82) is 5.26 Å². The molecule has 0 bridgehead atoms. The Labute approximate surface area is 115 Å². The lowest BCUT2D eigenvalue weighted by molar-refractivity contribution is -0.00508. The minimum atomic E-state index is -0.669. The highest BCUT2D eigenvalue weighted by Gasteiger charge is 2.25. The van der Waals surface area contributed by atoms with E-state index in [1.807, 2.05) is 32.2 Å². The van der Waals surface area contributed by atoms with Crippen LogP contribution >= 0.6 is 0 Å². The fourth-order valence-electron chi connectivity index (χ4n) is 2.06. The van der Waals surface area contributed by atoms with E-state index in [1.165, 1.54) is 0 Å². The number of nitrogens with zero attached hydrogens (tertiary/aromatic N) is 3. The molecule has 0 unspecified atom stereocenters. The van der Waals surface area contributed by atoms with Crippen molar-refractivity contribution in [2.24, 2.45) is 0 Å².